The zero-order valence-electron chi connectivity index (χ0n) is 3.23. The zero-order valence-corrected chi connectivity index (χ0v) is 3.23. The van der Waals surface area contributed by atoms with E-state index >= 15 is 0 Å². The van der Waals surface area contributed by atoms with Crippen molar-refractivity contribution >= 4 is 5.78 Å². The van der Waals surface area contributed by atoms with Crippen molar-refractivity contribution in [1.29, 1.82) is 0 Å². The first kappa shape index (κ1) is 3.77. The fourth-order valence-corrected chi connectivity index (χ4v) is 0.314. The molecule has 1 N–H and O–H groups in total. The van der Waals surface area contributed by atoms with Gasteiger partial charge in [-0.15, -0.1) is 0 Å². The van der Waals surface area contributed by atoms with E-state index in [1.54, 1.807) is 0 Å². The van der Waals surface area contributed by atoms with Crippen molar-refractivity contribution in [2.45, 2.75) is 0 Å². The fourth-order valence-electron chi connectivity index (χ4n) is 0.314. The molecular formula is C3H5NO2. The number of hydrogen-bond donors (Lipinski definition) is 1. The molecule has 1 saturated heterocycles. The highest BCUT2D eigenvalue weighted by molar-refractivity contribution is 5.82. The molecular weight excluding hydrogens is 82.0 g/mol. The lowest BCUT2D eigenvalue weighted by Crippen LogP contribution is -2.06. The predicted octanol–water partition coefficient (Wildman–Crippen LogP) is -0.910. The monoisotopic (exact) mass is 87.0 g/mol. The molecule has 3 nitrogen and oxygen atoms in total. The lowest BCUT2D eigenvalue weighted by atomic mass is 10.5. The third-order valence-corrected chi connectivity index (χ3v) is 0.605. The van der Waals surface area contributed by atoms with Gasteiger partial charge in [-0.05, 0) is 0 Å². The van der Waals surface area contributed by atoms with Crippen molar-refractivity contribution < 1.29 is 9.63 Å². The maximum absolute atomic E-state index is 10.1. The number of hydroxylamine groups is 1. The second-order valence-electron chi connectivity index (χ2n) is 1.15. The first-order chi connectivity index (χ1) is 2.89. The minimum Gasteiger partial charge on any atom is -0.295 e. The topological polar surface area (TPSA) is 38.3 Å². The van der Waals surface area contributed by atoms with E-state index in [1.807, 2.05) is 0 Å². The highest BCUT2D eigenvalue weighted by atomic mass is 16.7. The number of Topliss-reactive ketones (excluding diaryl/α,β-unsaturated/α-hetero) is 1. The molecule has 1 heterocycles. The SMILES string of the molecule is O=C1CNOC1. The van der Waals surface area contributed by atoms with Crippen LogP contribution in [0.4, 0.5) is 0 Å². The molecule has 6 heavy (non-hydrogen) atoms. The summed E-state index contributed by atoms with van der Waals surface area (Å²) in [5, 5.41) is 0. The highest BCUT2D eigenvalue weighted by Gasteiger charge is 2.07. The van der Waals surface area contributed by atoms with Crippen molar-refractivity contribution in [2.24, 2.45) is 0 Å². The summed E-state index contributed by atoms with van der Waals surface area (Å²) >= 11 is 0. The third-order valence-electron chi connectivity index (χ3n) is 0.605. The van der Waals surface area contributed by atoms with Gasteiger partial charge in [-0.25, -0.2) is 0 Å². The maximum atomic E-state index is 10.1. The summed E-state index contributed by atoms with van der Waals surface area (Å²) in [6.07, 6.45) is 0. The fraction of sp³-hybridized carbons (Fsp3) is 0.667. The van der Waals surface area contributed by atoms with E-state index in [1.165, 1.54) is 0 Å². The molecule has 1 aliphatic rings. The van der Waals surface area contributed by atoms with Gasteiger partial charge >= 0.3 is 0 Å². The summed E-state index contributed by atoms with van der Waals surface area (Å²) in [6, 6.07) is 0. The Kier molecular flexibility index (Phi) is 0.856. The molecule has 0 radical (unpaired) electrons. The van der Waals surface area contributed by atoms with E-state index in [0.29, 0.717) is 6.54 Å². The molecule has 0 atom stereocenters. The van der Waals surface area contributed by atoms with Gasteiger partial charge in [0.15, 0.2) is 5.78 Å². The van der Waals surface area contributed by atoms with Gasteiger partial charge in [0.1, 0.15) is 6.61 Å². The number of ketones is 1. The van der Waals surface area contributed by atoms with Gasteiger partial charge < -0.3 is 0 Å². The quantitative estimate of drug-likeness (QED) is 0.415. The Labute approximate surface area is 35.2 Å². The van der Waals surface area contributed by atoms with Gasteiger partial charge in [-0.3, -0.25) is 9.63 Å². The Balaban J connectivity index is 2.37. The third kappa shape index (κ3) is 0.555. The van der Waals surface area contributed by atoms with Crippen LogP contribution in [-0.4, -0.2) is 18.9 Å². The lowest BCUT2D eigenvalue weighted by molar-refractivity contribution is -0.117. The summed E-state index contributed by atoms with van der Waals surface area (Å²) in [6.45, 7) is 0.611. The Bertz CT molecular complexity index is 63.2. The van der Waals surface area contributed by atoms with Crippen LogP contribution in [0, 0.1) is 0 Å². The molecule has 0 unspecified atom stereocenters. The van der Waals surface area contributed by atoms with Crippen LogP contribution in [-0.2, 0) is 9.63 Å². The Hall–Kier alpha value is -0.410. The van der Waals surface area contributed by atoms with E-state index in [9.17, 15) is 4.79 Å². The summed E-state index contributed by atoms with van der Waals surface area (Å²) in [4.78, 5) is 14.5. The van der Waals surface area contributed by atoms with Crippen LogP contribution in [0.25, 0.3) is 0 Å². The molecule has 0 aromatic heterocycles. The molecule has 1 rings (SSSR count). The number of nitrogens with one attached hydrogen (secondary N) is 1. The van der Waals surface area contributed by atoms with Crippen LogP contribution in [0.15, 0.2) is 0 Å². The summed E-state index contributed by atoms with van der Waals surface area (Å²) in [5.74, 6) is 0.120. The van der Waals surface area contributed by atoms with Crippen LogP contribution < -0.4 is 5.48 Å². The number of hydrogen-bond acceptors (Lipinski definition) is 3. The Morgan fingerprint density at radius 3 is 2.83 bits per heavy atom. The minimum absolute atomic E-state index is 0.120. The van der Waals surface area contributed by atoms with E-state index in [4.69, 9.17) is 0 Å². The summed E-state index contributed by atoms with van der Waals surface area (Å²) in [7, 11) is 0. The molecule has 0 aliphatic carbocycles. The predicted molar refractivity (Wildman–Crippen MR) is 19.0 cm³/mol. The number of carbonyl (C=O) groups is 1. The molecule has 0 bridgehead atoms. The average molecular weight is 87.1 g/mol. The Morgan fingerprint density at radius 1 is 1.83 bits per heavy atom. The first-order valence-corrected chi connectivity index (χ1v) is 1.76. The van der Waals surface area contributed by atoms with Crippen LogP contribution in [0.5, 0.6) is 0 Å². The van der Waals surface area contributed by atoms with Gasteiger partial charge in [0, 0.05) is 0 Å². The smallest absolute Gasteiger partial charge is 0.176 e. The summed E-state index contributed by atoms with van der Waals surface area (Å²) < 4.78 is 0. The molecule has 34 valence electrons. The van der Waals surface area contributed by atoms with Gasteiger partial charge in [-0.1, -0.05) is 0 Å². The Morgan fingerprint density at radius 2 is 2.67 bits per heavy atom. The number of rotatable bonds is 0. The standard InChI is InChI=1S/C3H5NO2/c5-3-1-4-6-2-3/h4H,1-2H2. The molecule has 1 aliphatic heterocycles. The zero-order chi connectivity index (χ0) is 4.41. The summed E-state index contributed by atoms with van der Waals surface area (Å²) in [5.41, 5.74) is 2.42. The van der Waals surface area contributed by atoms with Crippen molar-refractivity contribution in [3.63, 3.8) is 0 Å². The van der Waals surface area contributed by atoms with Crippen molar-refractivity contribution in [3.05, 3.63) is 0 Å². The van der Waals surface area contributed by atoms with E-state index in [0.717, 1.165) is 0 Å². The van der Waals surface area contributed by atoms with Gasteiger partial charge in [-0.2, -0.15) is 5.48 Å². The van der Waals surface area contributed by atoms with Crippen LogP contribution in [0.3, 0.4) is 0 Å². The normalized spacial score (nSPS) is 22.3. The van der Waals surface area contributed by atoms with E-state index < -0.39 is 0 Å². The minimum atomic E-state index is 0.120. The second-order valence-corrected chi connectivity index (χ2v) is 1.15. The molecule has 0 aromatic rings. The van der Waals surface area contributed by atoms with E-state index in [2.05, 4.69) is 10.3 Å². The molecule has 0 aromatic carbocycles. The number of carbonyl (C=O) groups excluding carboxylic acids is 1. The van der Waals surface area contributed by atoms with Crippen molar-refractivity contribution in [1.82, 2.24) is 5.48 Å². The average Bonchev–Trinajstić information content (AvgIpc) is 1.86. The van der Waals surface area contributed by atoms with Gasteiger partial charge in [0.05, 0.1) is 6.54 Å². The first-order valence-electron chi connectivity index (χ1n) is 1.76. The van der Waals surface area contributed by atoms with Crippen LogP contribution in [0.2, 0.25) is 0 Å². The van der Waals surface area contributed by atoms with Crippen molar-refractivity contribution in [2.75, 3.05) is 13.2 Å². The maximum Gasteiger partial charge on any atom is 0.176 e. The van der Waals surface area contributed by atoms with Gasteiger partial charge in [0.25, 0.3) is 0 Å². The van der Waals surface area contributed by atoms with Crippen molar-refractivity contribution in [3.8, 4) is 0 Å². The largest absolute Gasteiger partial charge is 0.295 e. The van der Waals surface area contributed by atoms with Crippen LogP contribution >= 0.6 is 0 Å². The second kappa shape index (κ2) is 1.36. The van der Waals surface area contributed by atoms with Gasteiger partial charge in [0.2, 0.25) is 0 Å². The molecule has 3 heteroatoms. The van der Waals surface area contributed by atoms with Crippen LogP contribution in [0.1, 0.15) is 0 Å². The highest BCUT2D eigenvalue weighted by Crippen LogP contribution is 1.79. The lowest BCUT2D eigenvalue weighted by Gasteiger charge is -1.78. The van der Waals surface area contributed by atoms with E-state index in [-0.39, 0.29) is 12.4 Å². The molecule has 0 amide bonds. The molecule has 1 fully saturated rings. The molecule has 0 saturated carbocycles. The molecule has 0 spiro atoms.